The van der Waals surface area contributed by atoms with Crippen molar-refractivity contribution >= 4 is 5.91 Å². The zero-order valence-electron chi connectivity index (χ0n) is 6.40. The molecule has 0 spiro atoms. The maximum absolute atomic E-state index is 10.6. The summed E-state index contributed by atoms with van der Waals surface area (Å²) in [6.45, 7) is 6.81. The van der Waals surface area contributed by atoms with Crippen molar-refractivity contribution in [1.29, 1.82) is 0 Å². The molecule has 2 nitrogen and oxygen atoms in total. The van der Waals surface area contributed by atoms with Gasteiger partial charge in [-0.2, -0.15) is 0 Å². The lowest BCUT2D eigenvalue weighted by atomic mass is 10.2. The molecule has 0 aromatic carbocycles. The quantitative estimate of drug-likeness (QED) is 0.609. The van der Waals surface area contributed by atoms with E-state index < -0.39 is 0 Å². The third kappa shape index (κ3) is 5.34. The van der Waals surface area contributed by atoms with Gasteiger partial charge in [-0.15, -0.1) is 0 Å². The molecular weight excluding hydrogens is 114 g/mol. The number of rotatable bonds is 3. The zero-order valence-corrected chi connectivity index (χ0v) is 6.40. The van der Waals surface area contributed by atoms with E-state index in [0.717, 1.165) is 6.54 Å². The lowest BCUT2D eigenvalue weighted by Gasteiger charge is -2.04. The van der Waals surface area contributed by atoms with Gasteiger partial charge >= 0.3 is 0 Å². The molecule has 0 aliphatic heterocycles. The Morgan fingerprint density at radius 2 is 2.11 bits per heavy atom. The van der Waals surface area contributed by atoms with Gasteiger partial charge in [-0.3, -0.25) is 4.79 Å². The maximum atomic E-state index is 10.6. The van der Waals surface area contributed by atoms with Crippen LogP contribution >= 0.6 is 0 Å². The fourth-order valence-corrected chi connectivity index (χ4v) is 0.443. The predicted octanol–water partition coefficient (Wildman–Crippen LogP) is 1.17. The third-order valence-electron chi connectivity index (χ3n) is 1.03. The standard InChI is InChI=1S/C7H15NO/c1-4-7(9)8-5-6(2)3/h6H,4-5H2,1-3H3,(H,8,9). The molecule has 2 heteroatoms. The highest BCUT2D eigenvalue weighted by Crippen LogP contribution is 1.87. The SMILES string of the molecule is CCC(=O)NCC(C)C. The van der Waals surface area contributed by atoms with Crippen molar-refractivity contribution in [3.05, 3.63) is 0 Å². The second-order valence-electron chi connectivity index (χ2n) is 2.55. The first kappa shape index (κ1) is 8.47. The van der Waals surface area contributed by atoms with Gasteiger partial charge in [0.15, 0.2) is 0 Å². The Morgan fingerprint density at radius 3 is 2.44 bits per heavy atom. The van der Waals surface area contributed by atoms with Crippen LogP contribution in [0.5, 0.6) is 0 Å². The molecule has 0 aromatic heterocycles. The number of carbonyl (C=O) groups is 1. The van der Waals surface area contributed by atoms with E-state index >= 15 is 0 Å². The van der Waals surface area contributed by atoms with Crippen LogP contribution in [0.25, 0.3) is 0 Å². The number of amides is 1. The Bertz CT molecular complexity index is 88.9. The molecule has 0 rings (SSSR count). The van der Waals surface area contributed by atoms with Crippen molar-refractivity contribution in [3.63, 3.8) is 0 Å². The minimum absolute atomic E-state index is 0.142. The van der Waals surface area contributed by atoms with Crippen LogP contribution in [0.15, 0.2) is 0 Å². The average Bonchev–Trinajstić information content (AvgIpc) is 1.83. The first-order chi connectivity index (χ1) is 4.16. The van der Waals surface area contributed by atoms with Gasteiger partial charge in [0, 0.05) is 13.0 Å². The molecule has 1 N–H and O–H groups in total. The molecule has 0 fully saturated rings. The van der Waals surface area contributed by atoms with Crippen LogP contribution in [-0.4, -0.2) is 12.5 Å². The van der Waals surface area contributed by atoms with Crippen molar-refractivity contribution in [2.45, 2.75) is 27.2 Å². The molecular formula is C7H15NO. The van der Waals surface area contributed by atoms with Crippen molar-refractivity contribution in [2.75, 3.05) is 6.54 Å². The first-order valence-corrected chi connectivity index (χ1v) is 3.43. The Hall–Kier alpha value is -0.530. The summed E-state index contributed by atoms with van der Waals surface area (Å²) in [5, 5.41) is 2.79. The molecule has 0 heterocycles. The molecule has 0 atom stereocenters. The molecule has 0 saturated carbocycles. The normalized spacial score (nSPS) is 9.78. The van der Waals surface area contributed by atoms with Crippen molar-refractivity contribution in [3.8, 4) is 0 Å². The molecule has 0 saturated heterocycles. The van der Waals surface area contributed by atoms with Crippen molar-refractivity contribution < 1.29 is 4.79 Å². The summed E-state index contributed by atoms with van der Waals surface area (Å²) in [6.07, 6.45) is 0.590. The molecule has 1 amide bonds. The van der Waals surface area contributed by atoms with Crippen LogP contribution in [0, 0.1) is 5.92 Å². The van der Waals surface area contributed by atoms with E-state index in [4.69, 9.17) is 0 Å². The Balaban J connectivity index is 3.17. The second kappa shape index (κ2) is 4.36. The van der Waals surface area contributed by atoms with Gasteiger partial charge < -0.3 is 5.32 Å². The number of carbonyl (C=O) groups excluding carboxylic acids is 1. The van der Waals surface area contributed by atoms with Crippen LogP contribution in [0.2, 0.25) is 0 Å². The molecule has 0 aromatic rings. The van der Waals surface area contributed by atoms with Gasteiger partial charge in [0.1, 0.15) is 0 Å². The average molecular weight is 129 g/mol. The summed E-state index contributed by atoms with van der Waals surface area (Å²) in [6, 6.07) is 0. The molecule has 0 bridgehead atoms. The van der Waals surface area contributed by atoms with Gasteiger partial charge in [0.2, 0.25) is 5.91 Å². The minimum Gasteiger partial charge on any atom is -0.356 e. The van der Waals surface area contributed by atoms with E-state index in [1.807, 2.05) is 6.92 Å². The van der Waals surface area contributed by atoms with E-state index in [2.05, 4.69) is 19.2 Å². The Morgan fingerprint density at radius 1 is 1.56 bits per heavy atom. The lowest BCUT2D eigenvalue weighted by molar-refractivity contribution is -0.120. The molecule has 9 heavy (non-hydrogen) atoms. The van der Waals surface area contributed by atoms with Crippen LogP contribution in [0.3, 0.4) is 0 Å². The number of hydrogen-bond donors (Lipinski definition) is 1. The van der Waals surface area contributed by atoms with Gasteiger partial charge in [0.05, 0.1) is 0 Å². The van der Waals surface area contributed by atoms with Crippen molar-refractivity contribution in [2.24, 2.45) is 5.92 Å². The minimum atomic E-state index is 0.142. The summed E-state index contributed by atoms with van der Waals surface area (Å²) in [4.78, 5) is 10.6. The topological polar surface area (TPSA) is 29.1 Å². The predicted molar refractivity (Wildman–Crippen MR) is 38.1 cm³/mol. The van der Waals surface area contributed by atoms with Crippen molar-refractivity contribution in [1.82, 2.24) is 5.32 Å². The summed E-state index contributed by atoms with van der Waals surface area (Å²) in [5.74, 6) is 0.698. The fraction of sp³-hybridized carbons (Fsp3) is 0.857. The summed E-state index contributed by atoms with van der Waals surface area (Å²) in [7, 11) is 0. The van der Waals surface area contributed by atoms with E-state index in [9.17, 15) is 4.79 Å². The monoisotopic (exact) mass is 129 g/mol. The molecule has 0 aliphatic rings. The second-order valence-corrected chi connectivity index (χ2v) is 2.55. The van der Waals surface area contributed by atoms with E-state index in [0.29, 0.717) is 12.3 Å². The van der Waals surface area contributed by atoms with Gasteiger partial charge in [0.25, 0.3) is 0 Å². The highest BCUT2D eigenvalue weighted by atomic mass is 16.1. The highest BCUT2D eigenvalue weighted by molar-refractivity contribution is 5.75. The largest absolute Gasteiger partial charge is 0.356 e. The molecule has 0 aliphatic carbocycles. The first-order valence-electron chi connectivity index (χ1n) is 3.43. The molecule has 0 unspecified atom stereocenters. The maximum Gasteiger partial charge on any atom is 0.219 e. The van der Waals surface area contributed by atoms with Gasteiger partial charge in [-0.1, -0.05) is 20.8 Å². The lowest BCUT2D eigenvalue weighted by Crippen LogP contribution is -2.26. The van der Waals surface area contributed by atoms with Gasteiger partial charge in [-0.05, 0) is 5.92 Å². The van der Waals surface area contributed by atoms with E-state index in [-0.39, 0.29) is 5.91 Å². The summed E-state index contributed by atoms with van der Waals surface area (Å²) in [5.41, 5.74) is 0. The summed E-state index contributed by atoms with van der Waals surface area (Å²) >= 11 is 0. The fourth-order valence-electron chi connectivity index (χ4n) is 0.443. The zero-order chi connectivity index (χ0) is 7.28. The van der Waals surface area contributed by atoms with E-state index in [1.165, 1.54) is 0 Å². The number of nitrogens with one attached hydrogen (secondary N) is 1. The third-order valence-corrected chi connectivity index (χ3v) is 1.03. The summed E-state index contributed by atoms with van der Waals surface area (Å²) < 4.78 is 0. The Labute approximate surface area is 56.6 Å². The van der Waals surface area contributed by atoms with Crippen LogP contribution in [0.1, 0.15) is 27.2 Å². The Kier molecular flexibility index (Phi) is 4.10. The van der Waals surface area contributed by atoms with E-state index in [1.54, 1.807) is 0 Å². The van der Waals surface area contributed by atoms with Gasteiger partial charge in [-0.25, -0.2) is 0 Å². The number of hydrogen-bond acceptors (Lipinski definition) is 1. The van der Waals surface area contributed by atoms with Crippen LogP contribution in [0.4, 0.5) is 0 Å². The molecule has 0 radical (unpaired) electrons. The molecule has 54 valence electrons. The van der Waals surface area contributed by atoms with Crippen LogP contribution in [-0.2, 0) is 4.79 Å². The van der Waals surface area contributed by atoms with Crippen LogP contribution < -0.4 is 5.32 Å². The highest BCUT2D eigenvalue weighted by Gasteiger charge is 1.96. The smallest absolute Gasteiger partial charge is 0.219 e.